The molecule has 3 rings (SSSR count). The molecular weight excluding hydrogens is 346 g/mol. The first-order valence-corrected chi connectivity index (χ1v) is 9.42. The zero-order chi connectivity index (χ0) is 19.6. The van der Waals surface area contributed by atoms with E-state index in [4.69, 9.17) is 5.11 Å². The number of rotatable bonds is 8. The van der Waals surface area contributed by atoms with Crippen LogP contribution in [0.2, 0.25) is 0 Å². The van der Waals surface area contributed by atoms with Crippen molar-refractivity contribution in [1.29, 1.82) is 0 Å². The van der Waals surface area contributed by atoms with Crippen molar-refractivity contribution < 1.29 is 19.5 Å². The Balaban J connectivity index is 1.53. The largest absolute Gasteiger partial charge is 0.480 e. The minimum atomic E-state index is -0.800. The van der Waals surface area contributed by atoms with Gasteiger partial charge in [0.15, 0.2) is 0 Å². The van der Waals surface area contributed by atoms with Crippen LogP contribution in [0.1, 0.15) is 46.4 Å². The molecule has 1 aromatic rings. The summed E-state index contributed by atoms with van der Waals surface area (Å²) in [7, 11) is 3.35. The Morgan fingerprint density at radius 1 is 1.15 bits per heavy atom. The minimum absolute atomic E-state index is 0.0474. The molecule has 0 atom stereocenters. The van der Waals surface area contributed by atoms with Crippen molar-refractivity contribution in [3.63, 3.8) is 0 Å². The highest BCUT2D eigenvalue weighted by Gasteiger charge is 2.37. The lowest BCUT2D eigenvalue weighted by Crippen LogP contribution is -2.55. The number of hydrogen-bond acceptors (Lipinski definition) is 4. The van der Waals surface area contributed by atoms with Crippen LogP contribution in [0.3, 0.4) is 0 Å². The van der Waals surface area contributed by atoms with Gasteiger partial charge in [-0.2, -0.15) is 0 Å². The number of aliphatic carboxylic acids is 1. The second-order valence-electron chi connectivity index (χ2n) is 7.84. The summed E-state index contributed by atoms with van der Waals surface area (Å²) in [5.74, 6) is -0.503. The maximum atomic E-state index is 12.5. The van der Waals surface area contributed by atoms with E-state index in [1.807, 2.05) is 4.90 Å². The monoisotopic (exact) mass is 373 g/mol. The Labute approximate surface area is 159 Å². The molecule has 0 saturated heterocycles. The third-order valence-corrected chi connectivity index (χ3v) is 5.27. The van der Waals surface area contributed by atoms with Crippen LogP contribution in [0.15, 0.2) is 24.3 Å². The van der Waals surface area contributed by atoms with E-state index in [0.717, 1.165) is 19.4 Å². The summed E-state index contributed by atoms with van der Waals surface area (Å²) >= 11 is 0. The van der Waals surface area contributed by atoms with Gasteiger partial charge in [-0.1, -0.05) is 6.07 Å². The van der Waals surface area contributed by atoms with Gasteiger partial charge in [-0.15, -0.1) is 0 Å². The molecule has 2 amide bonds. The van der Waals surface area contributed by atoms with Crippen molar-refractivity contribution in [2.24, 2.45) is 5.92 Å². The van der Waals surface area contributed by atoms with Crippen molar-refractivity contribution in [3.05, 3.63) is 35.4 Å². The highest BCUT2D eigenvalue weighted by Crippen LogP contribution is 2.33. The fraction of sp³-hybridized carbons (Fsp3) is 0.550. The standard InChI is InChI=1S/C20H27N3O4/c1-22(2)20(27)15-5-3-4-14(8-15)19(26)21-16-9-17(10-16)23(12-18(24)25)11-13-6-7-13/h3-5,8,13,16-17H,6-7,9-12H2,1-2H3,(H,21,26)(H,24,25). The summed E-state index contributed by atoms with van der Waals surface area (Å²) in [5, 5.41) is 12.1. The molecule has 0 aromatic heterocycles. The third-order valence-electron chi connectivity index (χ3n) is 5.27. The number of carbonyl (C=O) groups is 3. The minimum Gasteiger partial charge on any atom is -0.480 e. The quantitative estimate of drug-likeness (QED) is 0.720. The molecule has 0 aliphatic heterocycles. The van der Waals surface area contributed by atoms with E-state index >= 15 is 0 Å². The number of amides is 2. The number of carboxylic acid groups (broad SMARTS) is 1. The van der Waals surface area contributed by atoms with Crippen molar-refractivity contribution in [3.8, 4) is 0 Å². The van der Waals surface area contributed by atoms with Gasteiger partial charge >= 0.3 is 5.97 Å². The number of nitrogens with zero attached hydrogens (tertiary/aromatic N) is 2. The van der Waals surface area contributed by atoms with Gasteiger partial charge in [-0.3, -0.25) is 19.3 Å². The lowest BCUT2D eigenvalue weighted by Gasteiger charge is -2.42. The van der Waals surface area contributed by atoms with Gasteiger partial charge in [0.05, 0.1) is 6.54 Å². The van der Waals surface area contributed by atoms with Gasteiger partial charge in [-0.05, 0) is 49.8 Å². The Morgan fingerprint density at radius 2 is 1.81 bits per heavy atom. The summed E-state index contributed by atoms with van der Waals surface area (Å²) in [6, 6.07) is 6.97. The highest BCUT2D eigenvalue weighted by molar-refractivity contribution is 5.99. The van der Waals surface area contributed by atoms with Crippen LogP contribution in [-0.4, -0.2) is 72.0 Å². The molecule has 7 heteroatoms. The number of benzene rings is 1. The van der Waals surface area contributed by atoms with E-state index in [1.165, 1.54) is 17.7 Å². The second-order valence-corrected chi connectivity index (χ2v) is 7.84. The fourth-order valence-electron chi connectivity index (χ4n) is 3.47. The van der Waals surface area contributed by atoms with Gasteiger partial charge in [0.2, 0.25) is 0 Å². The van der Waals surface area contributed by atoms with E-state index in [2.05, 4.69) is 5.32 Å². The predicted molar refractivity (Wildman–Crippen MR) is 101 cm³/mol. The summed E-state index contributed by atoms with van der Waals surface area (Å²) in [5.41, 5.74) is 0.947. The summed E-state index contributed by atoms with van der Waals surface area (Å²) < 4.78 is 0. The van der Waals surface area contributed by atoms with E-state index < -0.39 is 5.97 Å². The summed E-state index contributed by atoms with van der Waals surface area (Å²) in [6.07, 6.45) is 3.90. The van der Waals surface area contributed by atoms with Crippen molar-refractivity contribution >= 4 is 17.8 Å². The molecule has 2 aliphatic rings. The molecule has 0 bridgehead atoms. The SMILES string of the molecule is CN(C)C(=O)c1cccc(C(=O)NC2CC(N(CC(=O)O)CC3CC3)C2)c1. The molecule has 2 N–H and O–H groups in total. The van der Waals surface area contributed by atoms with Gasteiger partial charge in [0.25, 0.3) is 11.8 Å². The Kier molecular flexibility index (Phi) is 5.79. The molecule has 146 valence electrons. The Bertz CT molecular complexity index is 724. The summed E-state index contributed by atoms with van der Waals surface area (Å²) in [4.78, 5) is 39.1. The molecule has 0 unspecified atom stereocenters. The number of carbonyl (C=O) groups excluding carboxylic acids is 2. The molecule has 2 aliphatic carbocycles. The summed E-state index contributed by atoms with van der Waals surface area (Å²) in [6.45, 7) is 0.906. The van der Waals surface area contributed by atoms with Crippen molar-refractivity contribution in [2.45, 2.75) is 37.8 Å². The van der Waals surface area contributed by atoms with E-state index in [0.29, 0.717) is 17.0 Å². The number of nitrogens with one attached hydrogen (secondary N) is 1. The average Bonchev–Trinajstić information content (AvgIpc) is 3.40. The first-order valence-electron chi connectivity index (χ1n) is 9.42. The van der Waals surface area contributed by atoms with Crippen LogP contribution in [0.25, 0.3) is 0 Å². The van der Waals surface area contributed by atoms with Crippen LogP contribution < -0.4 is 5.32 Å². The molecule has 2 saturated carbocycles. The van der Waals surface area contributed by atoms with Gasteiger partial charge in [0.1, 0.15) is 0 Å². The second kappa shape index (κ2) is 8.08. The van der Waals surface area contributed by atoms with E-state index in [-0.39, 0.29) is 30.4 Å². The molecule has 0 spiro atoms. The first-order chi connectivity index (χ1) is 12.8. The molecule has 2 fully saturated rings. The number of carboxylic acids is 1. The van der Waals surface area contributed by atoms with Crippen LogP contribution >= 0.6 is 0 Å². The maximum absolute atomic E-state index is 12.5. The van der Waals surface area contributed by atoms with E-state index in [9.17, 15) is 14.4 Å². The van der Waals surface area contributed by atoms with Crippen LogP contribution in [0.4, 0.5) is 0 Å². The molecule has 7 nitrogen and oxygen atoms in total. The Hall–Kier alpha value is -2.41. The van der Waals surface area contributed by atoms with Gasteiger partial charge in [0, 0.05) is 43.9 Å². The van der Waals surface area contributed by atoms with Crippen molar-refractivity contribution in [2.75, 3.05) is 27.2 Å². The lowest BCUT2D eigenvalue weighted by molar-refractivity contribution is -0.139. The number of hydrogen-bond donors (Lipinski definition) is 2. The smallest absolute Gasteiger partial charge is 0.317 e. The molecular formula is C20H27N3O4. The molecule has 1 aromatic carbocycles. The van der Waals surface area contributed by atoms with Crippen molar-refractivity contribution in [1.82, 2.24) is 15.1 Å². The maximum Gasteiger partial charge on any atom is 0.317 e. The predicted octanol–water partition coefficient (Wildman–Crippen LogP) is 1.45. The fourth-order valence-corrected chi connectivity index (χ4v) is 3.47. The van der Waals surface area contributed by atoms with Crippen LogP contribution in [0.5, 0.6) is 0 Å². The van der Waals surface area contributed by atoms with Crippen LogP contribution in [-0.2, 0) is 4.79 Å². The average molecular weight is 373 g/mol. The van der Waals surface area contributed by atoms with E-state index in [1.54, 1.807) is 38.4 Å². The third kappa shape index (κ3) is 5.07. The lowest BCUT2D eigenvalue weighted by atomic mass is 9.85. The topological polar surface area (TPSA) is 90.0 Å². The molecule has 0 heterocycles. The normalized spacial score (nSPS) is 21.4. The van der Waals surface area contributed by atoms with Gasteiger partial charge < -0.3 is 15.3 Å². The molecule has 0 radical (unpaired) electrons. The van der Waals surface area contributed by atoms with Gasteiger partial charge in [-0.25, -0.2) is 0 Å². The molecule has 27 heavy (non-hydrogen) atoms. The highest BCUT2D eigenvalue weighted by atomic mass is 16.4. The van der Waals surface area contributed by atoms with Crippen LogP contribution in [0, 0.1) is 5.92 Å². The Morgan fingerprint density at radius 3 is 2.41 bits per heavy atom. The zero-order valence-electron chi connectivity index (χ0n) is 15.9. The zero-order valence-corrected chi connectivity index (χ0v) is 15.9. The first kappa shape index (κ1) is 19.4.